The Morgan fingerprint density at radius 1 is 0.710 bits per heavy atom. The number of nitrogens with zero attached hydrogens (tertiary/aromatic N) is 2. The van der Waals surface area contributed by atoms with Crippen LogP contribution in [-0.2, 0) is 0 Å². The molecule has 0 aliphatic heterocycles. The van der Waals surface area contributed by atoms with Crippen molar-refractivity contribution in [1.82, 2.24) is 9.55 Å². The molecule has 3 nitrogen and oxygen atoms in total. The highest BCUT2D eigenvalue weighted by atomic mass is 35.5. The molecule has 0 spiro atoms. The van der Waals surface area contributed by atoms with Gasteiger partial charge in [-0.25, -0.2) is 4.98 Å². The lowest BCUT2D eigenvalue weighted by Crippen LogP contribution is -2.22. The first kappa shape index (κ1) is 19.6. The fraction of sp³-hybridized carbons (Fsp3) is 0. The average molecular weight is 443 g/mol. The Morgan fingerprint density at radius 3 is 2.13 bits per heavy atom. The van der Waals surface area contributed by atoms with E-state index in [0.29, 0.717) is 38.0 Å². The van der Waals surface area contributed by atoms with Crippen molar-refractivity contribution in [2.24, 2.45) is 0 Å². The number of para-hydroxylation sites is 1. The lowest BCUT2D eigenvalue weighted by Gasteiger charge is -2.15. The van der Waals surface area contributed by atoms with Crippen molar-refractivity contribution in [3.8, 4) is 28.2 Å². The molecule has 150 valence electrons. The van der Waals surface area contributed by atoms with E-state index < -0.39 is 0 Å². The number of halogens is 2. The summed E-state index contributed by atoms with van der Waals surface area (Å²) in [7, 11) is 0. The van der Waals surface area contributed by atoms with Crippen LogP contribution in [0.15, 0.2) is 102 Å². The molecule has 1 aromatic heterocycles. The Bertz CT molecular complexity index is 1460. The van der Waals surface area contributed by atoms with Crippen LogP contribution in [-0.4, -0.2) is 9.55 Å². The second-order valence-electron chi connectivity index (χ2n) is 7.13. The Balaban J connectivity index is 1.76. The van der Waals surface area contributed by atoms with Gasteiger partial charge in [-0.05, 0) is 53.6 Å². The number of hydrogen-bond acceptors (Lipinski definition) is 2. The fourth-order valence-corrected chi connectivity index (χ4v) is 4.15. The van der Waals surface area contributed by atoms with Crippen LogP contribution >= 0.6 is 23.2 Å². The van der Waals surface area contributed by atoms with Crippen LogP contribution in [0, 0.1) is 0 Å². The monoisotopic (exact) mass is 442 g/mol. The summed E-state index contributed by atoms with van der Waals surface area (Å²) in [6.45, 7) is 0. The van der Waals surface area contributed by atoms with Crippen molar-refractivity contribution < 1.29 is 0 Å². The predicted octanol–water partition coefficient (Wildman–Crippen LogP) is 7.03. The van der Waals surface area contributed by atoms with Crippen LogP contribution in [0.4, 0.5) is 0 Å². The third kappa shape index (κ3) is 3.63. The van der Waals surface area contributed by atoms with Gasteiger partial charge in [-0.2, -0.15) is 0 Å². The van der Waals surface area contributed by atoms with Crippen LogP contribution < -0.4 is 5.56 Å². The van der Waals surface area contributed by atoms with Gasteiger partial charge >= 0.3 is 0 Å². The quantitative estimate of drug-likeness (QED) is 0.300. The van der Waals surface area contributed by atoms with Crippen molar-refractivity contribution in [3.05, 3.63) is 117 Å². The summed E-state index contributed by atoms with van der Waals surface area (Å²) >= 11 is 12.6. The van der Waals surface area contributed by atoms with Crippen LogP contribution in [0.5, 0.6) is 0 Å². The molecule has 5 heteroatoms. The first-order valence-corrected chi connectivity index (χ1v) is 10.5. The van der Waals surface area contributed by atoms with E-state index in [0.717, 1.165) is 11.1 Å². The van der Waals surface area contributed by atoms with Crippen molar-refractivity contribution in [2.45, 2.75) is 0 Å². The first-order chi connectivity index (χ1) is 15.1. The molecule has 0 saturated carbocycles. The van der Waals surface area contributed by atoms with E-state index in [-0.39, 0.29) is 5.56 Å². The maximum absolute atomic E-state index is 13.5. The number of benzene rings is 4. The van der Waals surface area contributed by atoms with Crippen LogP contribution in [0.3, 0.4) is 0 Å². The highest BCUT2D eigenvalue weighted by Crippen LogP contribution is 2.31. The van der Waals surface area contributed by atoms with Gasteiger partial charge in [0.05, 0.1) is 21.6 Å². The molecule has 0 N–H and O–H groups in total. The largest absolute Gasteiger partial charge is 0.268 e. The molecule has 0 amide bonds. The molecular weight excluding hydrogens is 427 g/mol. The summed E-state index contributed by atoms with van der Waals surface area (Å²) in [6, 6.07) is 30.4. The van der Waals surface area contributed by atoms with Gasteiger partial charge in [0.15, 0.2) is 0 Å². The van der Waals surface area contributed by atoms with E-state index in [4.69, 9.17) is 28.2 Å². The van der Waals surface area contributed by atoms with Crippen LogP contribution in [0.25, 0.3) is 39.1 Å². The fourth-order valence-electron chi connectivity index (χ4n) is 3.66. The molecule has 0 saturated heterocycles. The summed E-state index contributed by atoms with van der Waals surface area (Å²) in [5, 5.41) is 1.50. The maximum atomic E-state index is 13.5. The molecule has 0 unspecified atom stereocenters. The predicted molar refractivity (Wildman–Crippen MR) is 128 cm³/mol. The highest BCUT2D eigenvalue weighted by Gasteiger charge is 2.17. The smallest absolute Gasteiger partial charge is 0.266 e. The summed E-state index contributed by atoms with van der Waals surface area (Å²) in [5.74, 6) is 0.470. The number of hydrogen-bond donors (Lipinski definition) is 0. The van der Waals surface area contributed by atoms with Crippen LogP contribution in [0.1, 0.15) is 0 Å². The summed E-state index contributed by atoms with van der Waals surface area (Å²) in [4.78, 5) is 18.3. The Hall–Kier alpha value is -3.40. The van der Waals surface area contributed by atoms with Gasteiger partial charge in [0, 0.05) is 10.6 Å². The van der Waals surface area contributed by atoms with Crippen molar-refractivity contribution in [2.75, 3.05) is 0 Å². The zero-order chi connectivity index (χ0) is 21.4. The minimum atomic E-state index is -0.154. The third-order valence-corrected chi connectivity index (χ3v) is 5.73. The van der Waals surface area contributed by atoms with Gasteiger partial charge in [-0.3, -0.25) is 9.36 Å². The second kappa shape index (κ2) is 8.03. The molecule has 0 aliphatic carbocycles. The van der Waals surface area contributed by atoms with E-state index in [2.05, 4.69) is 12.1 Å². The van der Waals surface area contributed by atoms with Crippen LogP contribution in [0.2, 0.25) is 10.0 Å². The first-order valence-electron chi connectivity index (χ1n) is 9.75. The Kier molecular flexibility index (Phi) is 5.06. The number of aromatic nitrogens is 2. The summed E-state index contributed by atoms with van der Waals surface area (Å²) < 4.78 is 1.60. The van der Waals surface area contributed by atoms with Gasteiger partial charge in [-0.15, -0.1) is 0 Å². The zero-order valence-corrected chi connectivity index (χ0v) is 17.8. The third-order valence-electron chi connectivity index (χ3n) is 5.18. The van der Waals surface area contributed by atoms with Gasteiger partial charge in [-0.1, -0.05) is 77.8 Å². The minimum absolute atomic E-state index is 0.154. The van der Waals surface area contributed by atoms with Gasteiger partial charge in [0.25, 0.3) is 5.56 Å². The van der Waals surface area contributed by atoms with Crippen molar-refractivity contribution >= 4 is 34.1 Å². The molecule has 0 bridgehead atoms. The molecule has 0 radical (unpaired) electrons. The molecule has 0 aliphatic rings. The van der Waals surface area contributed by atoms with E-state index in [1.54, 1.807) is 28.8 Å². The molecule has 4 aromatic carbocycles. The van der Waals surface area contributed by atoms with Crippen molar-refractivity contribution in [3.63, 3.8) is 0 Å². The van der Waals surface area contributed by atoms with E-state index >= 15 is 0 Å². The normalized spacial score (nSPS) is 11.0. The lowest BCUT2D eigenvalue weighted by molar-refractivity contribution is 0.976. The topological polar surface area (TPSA) is 34.9 Å². The molecule has 31 heavy (non-hydrogen) atoms. The molecule has 5 rings (SSSR count). The molecule has 1 heterocycles. The number of rotatable bonds is 3. The number of fused-ring (bicyclic) bond motifs is 1. The van der Waals surface area contributed by atoms with Gasteiger partial charge < -0.3 is 0 Å². The Morgan fingerprint density at radius 2 is 1.39 bits per heavy atom. The van der Waals surface area contributed by atoms with Crippen molar-refractivity contribution in [1.29, 1.82) is 0 Å². The summed E-state index contributed by atoms with van der Waals surface area (Å²) in [5.41, 5.74) is 3.99. The Labute approximate surface area is 189 Å². The molecule has 5 aromatic rings. The maximum Gasteiger partial charge on any atom is 0.266 e. The highest BCUT2D eigenvalue weighted by molar-refractivity contribution is 6.36. The minimum Gasteiger partial charge on any atom is -0.268 e. The van der Waals surface area contributed by atoms with Gasteiger partial charge in [0.1, 0.15) is 5.82 Å². The summed E-state index contributed by atoms with van der Waals surface area (Å²) in [6.07, 6.45) is 0. The molecular formula is C26H16Cl2N2O. The van der Waals surface area contributed by atoms with E-state index in [1.165, 1.54) is 0 Å². The molecule has 0 atom stereocenters. The zero-order valence-electron chi connectivity index (χ0n) is 16.3. The molecule has 0 fully saturated rings. The SMILES string of the molecule is O=c1c2ccccc2nc(-c2ccc(Cl)cc2Cl)n1-c1ccc(-c2ccccc2)cc1. The second-order valence-corrected chi connectivity index (χ2v) is 7.97. The van der Waals surface area contributed by atoms with E-state index in [9.17, 15) is 4.79 Å². The van der Waals surface area contributed by atoms with Gasteiger partial charge in [0.2, 0.25) is 0 Å². The van der Waals surface area contributed by atoms with E-state index in [1.807, 2.05) is 60.7 Å². The standard InChI is InChI=1S/C26H16Cl2N2O/c27-19-12-15-21(23(28)16-19)25-29-24-9-5-4-8-22(24)26(31)30(25)20-13-10-18(11-14-20)17-6-2-1-3-7-17/h1-16H. The lowest BCUT2D eigenvalue weighted by atomic mass is 10.1. The average Bonchev–Trinajstić information content (AvgIpc) is 2.80.